The number of pyridine rings is 1. The highest BCUT2D eigenvalue weighted by molar-refractivity contribution is 6.30. The molecule has 0 unspecified atom stereocenters. The first-order valence-electron chi connectivity index (χ1n) is 4.60. The minimum absolute atomic E-state index is 0.0837. The van der Waals surface area contributed by atoms with Gasteiger partial charge in [0.2, 0.25) is 5.88 Å². The molecule has 0 amide bonds. The second-order valence-corrected chi connectivity index (χ2v) is 3.66. The van der Waals surface area contributed by atoms with E-state index in [2.05, 4.69) is 4.98 Å². The summed E-state index contributed by atoms with van der Waals surface area (Å²) in [7, 11) is 0. The summed E-state index contributed by atoms with van der Waals surface area (Å²) >= 11 is 5.66. The Bertz CT molecular complexity index is 563. The number of hydrogen-bond acceptors (Lipinski definition) is 3. The van der Waals surface area contributed by atoms with E-state index < -0.39 is 11.6 Å². The maximum absolute atomic E-state index is 12.9. The molecule has 2 aromatic rings. The number of benzene rings is 1. The van der Waals surface area contributed by atoms with E-state index in [0.29, 0.717) is 5.02 Å². The predicted molar refractivity (Wildman–Crippen MR) is 60.1 cm³/mol. The summed E-state index contributed by atoms with van der Waals surface area (Å²) in [6, 6.07) is 4.58. The van der Waals surface area contributed by atoms with Gasteiger partial charge in [0.15, 0.2) is 11.6 Å². The second kappa shape index (κ2) is 4.55. The van der Waals surface area contributed by atoms with E-state index >= 15 is 0 Å². The molecule has 1 aromatic carbocycles. The maximum atomic E-state index is 12.9. The van der Waals surface area contributed by atoms with Gasteiger partial charge in [-0.1, -0.05) is 11.6 Å². The van der Waals surface area contributed by atoms with E-state index in [1.807, 2.05) is 0 Å². The van der Waals surface area contributed by atoms with E-state index in [1.54, 1.807) is 0 Å². The van der Waals surface area contributed by atoms with Crippen LogP contribution in [0.1, 0.15) is 0 Å². The first kappa shape index (κ1) is 11.6. The first-order chi connectivity index (χ1) is 8.06. The topological polar surface area (TPSA) is 48.1 Å². The number of ether oxygens (including phenoxy) is 1. The average Bonchev–Trinajstić information content (AvgIpc) is 2.27. The van der Waals surface area contributed by atoms with Crippen LogP contribution in [0.2, 0.25) is 5.02 Å². The van der Waals surface area contributed by atoms with E-state index in [0.717, 1.165) is 12.1 Å². The number of nitrogens with zero attached hydrogens (tertiary/aromatic N) is 1. The summed E-state index contributed by atoms with van der Waals surface area (Å²) in [6.07, 6.45) is 1.34. The molecule has 88 valence electrons. The first-order valence-corrected chi connectivity index (χ1v) is 4.98. The van der Waals surface area contributed by atoms with Gasteiger partial charge in [0.05, 0.1) is 10.7 Å². The molecule has 0 saturated heterocycles. The smallest absolute Gasteiger partial charge is 0.242 e. The Morgan fingerprint density at radius 1 is 1.18 bits per heavy atom. The van der Waals surface area contributed by atoms with Gasteiger partial charge in [0.1, 0.15) is 5.75 Å². The second-order valence-electron chi connectivity index (χ2n) is 3.23. The number of halogens is 3. The third-order valence-corrected chi connectivity index (χ3v) is 2.16. The number of anilines is 1. The molecule has 0 aliphatic rings. The molecule has 0 atom stereocenters. The molecule has 0 radical (unpaired) electrons. The Morgan fingerprint density at radius 2 is 1.94 bits per heavy atom. The summed E-state index contributed by atoms with van der Waals surface area (Å²) in [5.41, 5.74) is 5.81. The molecule has 0 aliphatic carbocycles. The molecule has 0 fully saturated rings. The van der Waals surface area contributed by atoms with E-state index in [4.69, 9.17) is 22.1 Å². The van der Waals surface area contributed by atoms with E-state index in [9.17, 15) is 8.78 Å². The summed E-state index contributed by atoms with van der Waals surface area (Å²) in [5.74, 6) is -1.77. The Labute approximate surface area is 101 Å². The summed E-state index contributed by atoms with van der Waals surface area (Å²) in [5, 5.41) is 0.361. The van der Waals surface area contributed by atoms with Crippen molar-refractivity contribution in [3.05, 3.63) is 47.1 Å². The minimum atomic E-state index is -1.00. The lowest BCUT2D eigenvalue weighted by atomic mass is 10.3. The molecular formula is C11H7ClF2N2O. The molecule has 6 heteroatoms. The summed E-state index contributed by atoms with van der Waals surface area (Å²) in [4.78, 5) is 3.83. The SMILES string of the molecule is Nc1cc(Cl)cnc1Oc1ccc(F)c(F)c1. The molecule has 2 N–H and O–H groups in total. The molecule has 3 nitrogen and oxygen atoms in total. The van der Waals surface area contributed by atoms with Gasteiger partial charge in [-0.2, -0.15) is 0 Å². The highest BCUT2D eigenvalue weighted by Gasteiger charge is 2.07. The van der Waals surface area contributed by atoms with Crippen LogP contribution in [0.5, 0.6) is 11.6 Å². The van der Waals surface area contributed by atoms with Crippen molar-refractivity contribution in [1.29, 1.82) is 0 Å². The Hall–Kier alpha value is -1.88. The molecule has 0 aliphatic heterocycles. The van der Waals surface area contributed by atoms with Crippen molar-refractivity contribution in [3.8, 4) is 11.6 Å². The zero-order valence-electron chi connectivity index (χ0n) is 8.45. The maximum Gasteiger partial charge on any atom is 0.242 e. The van der Waals surface area contributed by atoms with Crippen LogP contribution >= 0.6 is 11.6 Å². The molecule has 1 aromatic heterocycles. The zero-order chi connectivity index (χ0) is 12.4. The molecule has 0 saturated carbocycles. The Kier molecular flexibility index (Phi) is 3.10. The summed E-state index contributed by atoms with van der Waals surface area (Å²) < 4.78 is 30.8. The van der Waals surface area contributed by atoms with Crippen molar-refractivity contribution in [3.63, 3.8) is 0 Å². The van der Waals surface area contributed by atoms with Crippen LogP contribution in [0.3, 0.4) is 0 Å². The van der Waals surface area contributed by atoms with Crippen molar-refractivity contribution in [2.24, 2.45) is 0 Å². The van der Waals surface area contributed by atoms with Crippen molar-refractivity contribution in [1.82, 2.24) is 4.98 Å². The third kappa shape index (κ3) is 2.62. The van der Waals surface area contributed by atoms with Crippen molar-refractivity contribution in [2.75, 3.05) is 5.73 Å². The lowest BCUT2D eigenvalue weighted by Crippen LogP contribution is -1.95. The minimum Gasteiger partial charge on any atom is -0.437 e. The third-order valence-electron chi connectivity index (χ3n) is 1.95. The van der Waals surface area contributed by atoms with Crippen molar-refractivity contribution >= 4 is 17.3 Å². The molecule has 1 heterocycles. The lowest BCUT2D eigenvalue weighted by molar-refractivity contribution is 0.449. The largest absolute Gasteiger partial charge is 0.437 e. The van der Waals surface area contributed by atoms with Crippen molar-refractivity contribution < 1.29 is 13.5 Å². The van der Waals surface area contributed by atoms with Gasteiger partial charge in [-0.25, -0.2) is 13.8 Å². The van der Waals surface area contributed by atoms with Gasteiger partial charge < -0.3 is 10.5 Å². The van der Waals surface area contributed by atoms with Crippen molar-refractivity contribution in [2.45, 2.75) is 0 Å². The zero-order valence-corrected chi connectivity index (χ0v) is 9.21. The molecule has 17 heavy (non-hydrogen) atoms. The van der Waals surface area contributed by atoms with Crippen LogP contribution in [0.4, 0.5) is 14.5 Å². The quantitative estimate of drug-likeness (QED) is 0.896. The van der Waals surface area contributed by atoms with Gasteiger partial charge in [0, 0.05) is 12.3 Å². The van der Waals surface area contributed by atoms with Crippen LogP contribution < -0.4 is 10.5 Å². The fourth-order valence-electron chi connectivity index (χ4n) is 1.18. The van der Waals surface area contributed by atoms with Gasteiger partial charge in [-0.15, -0.1) is 0 Å². The number of aromatic nitrogens is 1. The standard InChI is InChI=1S/C11H7ClF2N2O/c12-6-3-10(15)11(16-5-6)17-7-1-2-8(13)9(14)4-7/h1-5H,15H2. The van der Waals surface area contributed by atoms with Crippen LogP contribution in [0.25, 0.3) is 0 Å². The summed E-state index contributed by atoms with van der Waals surface area (Å²) in [6.45, 7) is 0. The Morgan fingerprint density at radius 3 is 2.59 bits per heavy atom. The van der Waals surface area contributed by atoms with Gasteiger partial charge in [-0.3, -0.25) is 0 Å². The van der Waals surface area contributed by atoms with Gasteiger partial charge >= 0.3 is 0 Å². The molecule has 0 bridgehead atoms. The lowest BCUT2D eigenvalue weighted by Gasteiger charge is -2.07. The number of nitrogens with two attached hydrogens (primary N) is 1. The van der Waals surface area contributed by atoms with Gasteiger partial charge in [0.25, 0.3) is 0 Å². The predicted octanol–water partition coefficient (Wildman–Crippen LogP) is 3.39. The Balaban J connectivity index is 2.28. The fraction of sp³-hybridized carbons (Fsp3) is 0. The van der Waals surface area contributed by atoms with Crippen LogP contribution in [-0.2, 0) is 0 Å². The van der Waals surface area contributed by atoms with Crippen LogP contribution in [-0.4, -0.2) is 4.98 Å². The molecule has 2 rings (SSSR count). The monoisotopic (exact) mass is 256 g/mol. The average molecular weight is 257 g/mol. The van der Waals surface area contributed by atoms with E-state index in [1.165, 1.54) is 18.3 Å². The molecule has 0 spiro atoms. The van der Waals surface area contributed by atoms with Crippen LogP contribution in [0.15, 0.2) is 30.5 Å². The van der Waals surface area contributed by atoms with E-state index in [-0.39, 0.29) is 17.3 Å². The number of rotatable bonds is 2. The highest BCUT2D eigenvalue weighted by atomic mass is 35.5. The van der Waals surface area contributed by atoms with Crippen LogP contribution in [0, 0.1) is 11.6 Å². The van der Waals surface area contributed by atoms with Gasteiger partial charge in [-0.05, 0) is 18.2 Å². The normalized spacial score (nSPS) is 10.3. The number of hydrogen-bond donors (Lipinski definition) is 1. The highest BCUT2D eigenvalue weighted by Crippen LogP contribution is 2.27. The molecular weight excluding hydrogens is 250 g/mol. The fourth-order valence-corrected chi connectivity index (χ4v) is 1.35. The number of nitrogen functional groups attached to an aromatic ring is 1.